The normalized spacial score (nSPS) is 26.0. The molecule has 124 valence electrons. The van der Waals surface area contributed by atoms with Crippen LogP contribution in [0.1, 0.15) is 19.0 Å². The van der Waals surface area contributed by atoms with E-state index in [0.29, 0.717) is 12.7 Å². The van der Waals surface area contributed by atoms with E-state index in [1.807, 2.05) is 0 Å². The number of aromatic nitrogens is 2. The number of hydrogen-bond acceptors (Lipinski definition) is 4. The fourth-order valence-electron chi connectivity index (χ4n) is 2.72. The van der Waals surface area contributed by atoms with Crippen molar-refractivity contribution in [3.8, 4) is 0 Å². The Bertz CT molecular complexity index is 488. The van der Waals surface area contributed by atoms with Crippen molar-refractivity contribution in [2.24, 2.45) is 5.92 Å². The van der Waals surface area contributed by atoms with Crippen molar-refractivity contribution >= 4 is 5.82 Å². The standard InChI is InChI=1S/C13H17F5N4/c1-8-3-12(14,15)7-22(2)9(8)4-20-11-6-19-10(5-21-11)13(16,17)18/h5-6,8-9H,3-4,7H2,1-2H3,(H,20,21)/t8-,9?/m1/s1. The van der Waals surface area contributed by atoms with Gasteiger partial charge < -0.3 is 5.32 Å². The first kappa shape index (κ1) is 16.9. The number of alkyl halides is 5. The van der Waals surface area contributed by atoms with Gasteiger partial charge in [0.05, 0.1) is 18.9 Å². The van der Waals surface area contributed by atoms with Gasteiger partial charge >= 0.3 is 6.18 Å². The summed E-state index contributed by atoms with van der Waals surface area (Å²) in [5.41, 5.74) is -1.07. The van der Waals surface area contributed by atoms with Gasteiger partial charge in [-0.25, -0.2) is 18.7 Å². The minimum absolute atomic E-state index is 0.149. The zero-order valence-electron chi connectivity index (χ0n) is 12.2. The molecular formula is C13H17F5N4. The highest BCUT2D eigenvalue weighted by Gasteiger charge is 2.42. The Morgan fingerprint density at radius 3 is 2.50 bits per heavy atom. The molecule has 0 aromatic carbocycles. The molecule has 0 amide bonds. The highest BCUT2D eigenvalue weighted by atomic mass is 19.4. The van der Waals surface area contributed by atoms with Crippen LogP contribution in [0, 0.1) is 5.92 Å². The van der Waals surface area contributed by atoms with E-state index in [1.54, 1.807) is 18.9 Å². The van der Waals surface area contributed by atoms with Crippen molar-refractivity contribution in [1.29, 1.82) is 0 Å². The summed E-state index contributed by atoms with van der Waals surface area (Å²) in [4.78, 5) is 8.49. The minimum Gasteiger partial charge on any atom is -0.367 e. The molecule has 0 saturated carbocycles. The number of anilines is 1. The number of hydrogen-bond donors (Lipinski definition) is 1. The van der Waals surface area contributed by atoms with Crippen molar-refractivity contribution in [3.63, 3.8) is 0 Å². The van der Waals surface area contributed by atoms with Crippen LogP contribution in [-0.4, -0.2) is 47.0 Å². The van der Waals surface area contributed by atoms with Crippen LogP contribution in [0.15, 0.2) is 12.4 Å². The molecule has 1 aliphatic heterocycles. The lowest BCUT2D eigenvalue weighted by Gasteiger charge is -2.41. The summed E-state index contributed by atoms with van der Waals surface area (Å²) in [5.74, 6) is -2.77. The van der Waals surface area contributed by atoms with Gasteiger partial charge in [0.2, 0.25) is 0 Å². The van der Waals surface area contributed by atoms with E-state index >= 15 is 0 Å². The van der Waals surface area contributed by atoms with Gasteiger partial charge in [-0.15, -0.1) is 0 Å². The molecule has 2 heterocycles. The third-order valence-electron chi connectivity index (χ3n) is 3.76. The predicted octanol–water partition coefficient (Wildman–Crippen LogP) is 2.88. The second kappa shape index (κ2) is 5.94. The van der Waals surface area contributed by atoms with Gasteiger partial charge in [-0.05, 0) is 13.0 Å². The topological polar surface area (TPSA) is 41.0 Å². The first-order valence-corrected chi connectivity index (χ1v) is 6.80. The molecule has 0 bridgehead atoms. The molecule has 1 aromatic rings. The largest absolute Gasteiger partial charge is 0.434 e. The zero-order valence-corrected chi connectivity index (χ0v) is 12.2. The maximum absolute atomic E-state index is 13.4. The summed E-state index contributed by atoms with van der Waals surface area (Å²) in [6, 6.07) is -0.149. The van der Waals surface area contributed by atoms with E-state index in [-0.39, 0.29) is 30.7 Å². The van der Waals surface area contributed by atoms with Crippen LogP contribution in [0.5, 0.6) is 0 Å². The van der Waals surface area contributed by atoms with Gasteiger partial charge in [0.25, 0.3) is 5.92 Å². The van der Waals surface area contributed by atoms with Crippen LogP contribution in [-0.2, 0) is 6.18 Å². The number of piperidine rings is 1. The van der Waals surface area contributed by atoms with E-state index < -0.39 is 17.8 Å². The molecule has 0 radical (unpaired) electrons. The fraction of sp³-hybridized carbons (Fsp3) is 0.692. The van der Waals surface area contributed by atoms with Crippen LogP contribution >= 0.6 is 0 Å². The van der Waals surface area contributed by atoms with Crippen LogP contribution in [0.2, 0.25) is 0 Å². The summed E-state index contributed by atoms with van der Waals surface area (Å²) in [6.07, 6.45) is -3.10. The number of halogens is 5. The van der Waals surface area contributed by atoms with Crippen LogP contribution in [0.3, 0.4) is 0 Å². The molecule has 1 fully saturated rings. The monoisotopic (exact) mass is 324 g/mol. The van der Waals surface area contributed by atoms with Crippen molar-refractivity contribution in [2.45, 2.75) is 31.5 Å². The highest BCUT2D eigenvalue weighted by Crippen LogP contribution is 2.33. The lowest BCUT2D eigenvalue weighted by atomic mass is 9.89. The number of nitrogens with zero attached hydrogens (tertiary/aromatic N) is 3. The summed E-state index contributed by atoms with van der Waals surface area (Å²) in [7, 11) is 1.61. The lowest BCUT2D eigenvalue weighted by molar-refractivity contribution is -0.141. The van der Waals surface area contributed by atoms with Gasteiger partial charge in [0, 0.05) is 19.0 Å². The molecule has 4 nitrogen and oxygen atoms in total. The number of likely N-dealkylation sites (tertiary alicyclic amines) is 1. The van der Waals surface area contributed by atoms with Crippen molar-refractivity contribution in [1.82, 2.24) is 14.9 Å². The van der Waals surface area contributed by atoms with E-state index in [4.69, 9.17) is 0 Å². The van der Waals surface area contributed by atoms with E-state index in [1.165, 1.54) is 0 Å². The molecule has 9 heteroatoms. The Hall–Kier alpha value is -1.51. The van der Waals surface area contributed by atoms with Crippen molar-refractivity contribution < 1.29 is 22.0 Å². The van der Waals surface area contributed by atoms with Gasteiger partial charge in [-0.2, -0.15) is 13.2 Å². The molecule has 1 N–H and O–H groups in total. The van der Waals surface area contributed by atoms with E-state index in [9.17, 15) is 22.0 Å². The average Bonchev–Trinajstić information content (AvgIpc) is 2.35. The summed E-state index contributed by atoms with van der Waals surface area (Å²) in [5, 5.41) is 2.85. The Balaban J connectivity index is 1.95. The van der Waals surface area contributed by atoms with Gasteiger partial charge in [0.1, 0.15) is 5.82 Å². The van der Waals surface area contributed by atoms with Crippen LogP contribution in [0.25, 0.3) is 0 Å². The Labute approximate surface area is 124 Å². The second-order valence-electron chi connectivity index (χ2n) is 5.69. The third-order valence-corrected chi connectivity index (χ3v) is 3.76. The molecule has 1 unspecified atom stereocenters. The van der Waals surface area contributed by atoms with E-state index in [0.717, 1.165) is 6.20 Å². The summed E-state index contributed by atoms with van der Waals surface area (Å²) >= 11 is 0. The fourth-order valence-corrected chi connectivity index (χ4v) is 2.72. The summed E-state index contributed by atoms with van der Waals surface area (Å²) < 4.78 is 63.9. The van der Waals surface area contributed by atoms with Crippen molar-refractivity contribution in [3.05, 3.63) is 18.1 Å². The number of rotatable bonds is 3. The SMILES string of the molecule is C[C@@H]1CC(F)(F)CN(C)C1CNc1cnc(C(F)(F)F)cn1. The van der Waals surface area contributed by atoms with Crippen LogP contribution in [0.4, 0.5) is 27.8 Å². The second-order valence-corrected chi connectivity index (χ2v) is 5.69. The highest BCUT2D eigenvalue weighted by molar-refractivity contribution is 5.31. The zero-order chi connectivity index (χ0) is 16.5. The molecular weight excluding hydrogens is 307 g/mol. The van der Waals surface area contributed by atoms with Crippen molar-refractivity contribution in [2.75, 3.05) is 25.5 Å². The molecule has 1 aromatic heterocycles. The molecule has 22 heavy (non-hydrogen) atoms. The Morgan fingerprint density at radius 2 is 2.00 bits per heavy atom. The Kier molecular flexibility index (Phi) is 4.55. The Morgan fingerprint density at radius 1 is 1.32 bits per heavy atom. The number of nitrogens with one attached hydrogen (secondary N) is 1. The predicted molar refractivity (Wildman–Crippen MR) is 70.7 cm³/mol. The minimum atomic E-state index is -4.53. The third kappa shape index (κ3) is 4.02. The maximum atomic E-state index is 13.4. The molecule has 2 atom stereocenters. The van der Waals surface area contributed by atoms with E-state index in [2.05, 4.69) is 15.3 Å². The summed E-state index contributed by atoms with van der Waals surface area (Å²) in [6.45, 7) is 1.71. The lowest BCUT2D eigenvalue weighted by Crippen LogP contribution is -2.53. The van der Waals surface area contributed by atoms with Gasteiger partial charge in [0.15, 0.2) is 5.69 Å². The van der Waals surface area contributed by atoms with Crippen LogP contribution < -0.4 is 5.32 Å². The smallest absolute Gasteiger partial charge is 0.367 e. The molecule has 1 aliphatic rings. The quantitative estimate of drug-likeness (QED) is 0.868. The number of likely N-dealkylation sites (N-methyl/N-ethyl adjacent to an activating group) is 1. The molecule has 1 saturated heterocycles. The maximum Gasteiger partial charge on any atom is 0.434 e. The first-order chi connectivity index (χ1) is 10.1. The molecule has 0 spiro atoms. The average molecular weight is 324 g/mol. The first-order valence-electron chi connectivity index (χ1n) is 6.80. The molecule has 0 aliphatic carbocycles. The van der Waals surface area contributed by atoms with Gasteiger partial charge in [-0.3, -0.25) is 4.90 Å². The van der Waals surface area contributed by atoms with Gasteiger partial charge in [-0.1, -0.05) is 6.92 Å². The molecule has 2 rings (SSSR count).